The number of aromatic nitrogens is 2. The van der Waals surface area contributed by atoms with Crippen LogP contribution < -0.4 is 15.2 Å². The molecule has 0 radical (unpaired) electrons. The van der Waals surface area contributed by atoms with Gasteiger partial charge in [0.1, 0.15) is 10.6 Å². The number of fused-ring (bicyclic) bond motifs is 4. The van der Waals surface area contributed by atoms with Crippen LogP contribution in [0.4, 0.5) is 5.82 Å². The van der Waals surface area contributed by atoms with Crippen LogP contribution in [0.2, 0.25) is 0 Å². The SMILES string of the molecule is CC(C)[C@H]1Cc2c(sc3nc(SCc4ccc5c(c4)OCO5)nc(N)c23)CO1. The Kier molecular flexibility index (Phi) is 4.57. The van der Waals surface area contributed by atoms with E-state index < -0.39 is 0 Å². The highest BCUT2D eigenvalue weighted by Gasteiger charge is 2.27. The van der Waals surface area contributed by atoms with E-state index in [2.05, 4.69) is 18.8 Å². The molecule has 0 saturated carbocycles. The second-order valence-electron chi connectivity index (χ2n) is 7.35. The quantitative estimate of drug-likeness (QED) is 0.500. The highest BCUT2D eigenvalue weighted by atomic mass is 32.2. The number of nitrogens with zero attached hydrogens (tertiary/aromatic N) is 2. The van der Waals surface area contributed by atoms with Gasteiger partial charge in [-0.1, -0.05) is 31.7 Å². The average Bonchev–Trinajstić information content (AvgIpc) is 3.29. The molecule has 2 aromatic heterocycles. The largest absolute Gasteiger partial charge is 0.454 e. The fourth-order valence-corrected chi connectivity index (χ4v) is 5.54. The molecule has 0 saturated heterocycles. The highest BCUT2D eigenvalue weighted by Crippen LogP contribution is 2.40. The fraction of sp³-hybridized carbons (Fsp3) is 0.400. The Morgan fingerprint density at radius 1 is 1.25 bits per heavy atom. The molecule has 2 aliphatic rings. The number of benzene rings is 1. The van der Waals surface area contributed by atoms with E-state index in [0.717, 1.165) is 39.5 Å². The van der Waals surface area contributed by atoms with Gasteiger partial charge in [0.2, 0.25) is 6.79 Å². The van der Waals surface area contributed by atoms with Crippen LogP contribution in [0.25, 0.3) is 10.2 Å². The summed E-state index contributed by atoms with van der Waals surface area (Å²) < 4.78 is 16.8. The highest BCUT2D eigenvalue weighted by molar-refractivity contribution is 7.98. The second-order valence-corrected chi connectivity index (χ2v) is 9.38. The average molecular weight is 416 g/mol. The van der Waals surface area contributed by atoms with Crippen LogP contribution in [0.5, 0.6) is 11.5 Å². The third-order valence-corrected chi connectivity index (χ3v) is 7.14. The van der Waals surface area contributed by atoms with Gasteiger partial charge in [0.05, 0.1) is 18.1 Å². The van der Waals surface area contributed by atoms with Gasteiger partial charge in [0.25, 0.3) is 0 Å². The van der Waals surface area contributed by atoms with E-state index in [0.29, 0.717) is 23.5 Å². The molecule has 0 spiro atoms. The Morgan fingerprint density at radius 2 is 2.11 bits per heavy atom. The van der Waals surface area contributed by atoms with Crippen LogP contribution in [-0.2, 0) is 23.5 Å². The molecule has 0 aliphatic carbocycles. The first-order valence-corrected chi connectivity index (χ1v) is 11.1. The van der Waals surface area contributed by atoms with Crippen molar-refractivity contribution >= 4 is 39.1 Å². The van der Waals surface area contributed by atoms with Gasteiger partial charge < -0.3 is 19.9 Å². The molecule has 5 rings (SSSR count). The third-order valence-electron chi connectivity index (χ3n) is 5.12. The number of rotatable bonds is 4. The van der Waals surface area contributed by atoms with Crippen LogP contribution in [0, 0.1) is 5.92 Å². The Morgan fingerprint density at radius 3 is 2.96 bits per heavy atom. The van der Waals surface area contributed by atoms with E-state index in [4.69, 9.17) is 24.9 Å². The molecular formula is C20H21N3O3S2. The lowest BCUT2D eigenvalue weighted by atomic mass is 9.96. The fourth-order valence-electron chi connectivity index (χ4n) is 3.56. The van der Waals surface area contributed by atoms with E-state index in [1.54, 1.807) is 23.1 Å². The number of hydrogen-bond acceptors (Lipinski definition) is 8. The van der Waals surface area contributed by atoms with Gasteiger partial charge in [-0.25, -0.2) is 9.97 Å². The maximum Gasteiger partial charge on any atom is 0.231 e. The van der Waals surface area contributed by atoms with Gasteiger partial charge in [0, 0.05) is 17.1 Å². The van der Waals surface area contributed by atoms with Gasteiger partial charge in [-0.2, -0.15) is 0 Å². The van der Waals surface area contributed by atoms with Crippen molar-refractivity contribution in [3.8, 4) is 11.5 Å². The Labute approximate surface area is 171 Å². The summed E-state index contributed by atoms with van der Waals surface area (Å²) in [6.45, 7) is 5.30. The Bertz CT molecular complexity index is 1050. The van der Waals surface area contributed by atoms with Crippen molar-refractivity contribution in [1.82, 2.24) is 9.97 Å². The van der Waals surface area contributed by atoms with E-state index in [9.17, 15) is 0 Å². The number of thioether (sulfide) groups is 1. The zero-order valence-corrected chi connectivity index (χ0v) is 17.4. The summed E-state index contributed by atoms with van der Waals surface area (Å²) in [4.78, 5) is 11.5. The normalized spacial score (nSPS) is 18.0. The molecule has 2 aliphatic heterocycles. The smallest absolute Gasteiger partial charge is 0.231 e. The maximum atomic E-state index is 6.35. The number of ether oxygens (including phenoxy) is 3. The topological polar surface area (TPSA) is 79.5 Å². The van der Waals surface area contributed by atoms with Gasteiger partial charge >= 0.3 is 0 Å². The van der Waals surface area contributed by atoms with E-state index >= 15 is 0 Å². The van der Waals surface area contributed by atoms with Crippen molar-refractivity contribution in [3.05, 3.63) is 34.2 Å². The monoisotopic (exact) mass is 415 g/mol. The van der Waals surface area contributed by atoms with Crippen LogP contribution >= 0.6 is 23.1 Å². The molecule has 1 atom stereocenters. The lowest BCUT2D eigenvalue weighted by molar-refractivity contribution is 0.00203. The van der Waals surface area contributed by atoms with E-state index in [-0.39, 0.29) is 12.9 Å². The van der Waals surface area contributed by atoms with Crippen molar-refractivity contribution < 1.29 is 14.2 Å². The molecule has 2 N–H and O–H groups in total. The molecular weight excluding hydrogens is 394 g/mol. The molecule has 8 heteroatoms. The predicted molar refractivity (Wildman–Crippen MR) is 111 cm³/mol. The molecule has 4 heterocycles. The predicted octanol–water partition coefficient (Wildman–Crippen LogP) is 4.39. The molecule has 28 heavy (non-hydrogen) atoms. The van der Waals surface area contributed by atoms with Crippen molar-refractivity contribution in [1.29, 1.82) is 0 Å². The zero-order chi connectivity index (χ0) is 19.3. The first-order chi connectivity index (χ1) is 13.6. The van der Waals surface area contributed by atoms with Gasteiger partial charge in [0.15, 0.2) is 16.7 Å². The summed E-state index contributed by atoms with van der Waals surface area (Å²) in [6.07, 6.45) is 1.11. The molecule has 0 unspecified atom stereocenters. The molecule has 3 aromatic rings. The van der Waals surface area contributed by atoms with Gasteiger partial charge in [-0.05, 0) is 29.2 Å². The maximum absolute atomic E-state index is 6.35. The molecule has 6 nitrogen and oxygen atoms in total. The number of anilines is 1. The summed E-state index contributed by atoms with van der Waals surface area (Å²) in [6, 6.07) is 5.98. The minimum atomic E-state index is 0.227. The van der Waals surface area contributed by atoms with Crippen molar-refractivity contribution in [2.75, 3.05) is 12.5 Å². The summed E-state index contributed by atoms with van der Waals surface area (Å²) in [5, 5.41) is 1.71. The van der Waals surface area contributed by atoms with E-state index in [1.807, 2.05) is 18.2 Å². The number of hydrogen-bond donors (Lipinski definition) is 1. The Balaban J connectivity index is 1.39. The zero-order valence-electron chi connectivity index (χ0n) is 15.7. The van der Waals surface area contributed by atoms with Crippen molar-refractivity contribution in [2.45, 2.75) is 43.9 Å². The number of nitrogen functional groups attached to an aromatic ring is 1. The third kappa shape index (κ3) is 3.19. The minimum absolute atomic E-state index is 0.227. The summed E-state index contributed by atoms with van der Waals surface area (Å²) in [7, 11) is 0. The second kappa shape index (κ2) is 7.09. The standard InChI is InChI=1S/C20H21N3O3S2/c1-10(2)14-6-12-16(7-24-14)28-19-17(12)18(21)22-20(23-19)27-8-11-3-4-13-15(5-11)26-9-25-13/h3-5,10,14H,6-9H2,1-2H3,(H2,21,22,23)/t14-/m1/s1. The van der Waals surface area contributed by atoms with Crippen LogP contribution in [0.15, 0.2) is 23.4 Å². The lowest BCUT2D eigenvalue weighted by Crippen LogP contribution is -2.26. The van der Waals surface area contributed by atoms with Crippen LogP contribution in [0.1, 0.15) is 29.9 Å². The molecule has 146 valence electrons. The molecule has 0 fully saturated rings. The molecule has 0 amide bonds. The molecule has 0 bridgehead atoms. The van der Waals surface area contributed by atoms with E-state index in [1.165, 1.54) is 10.4 Å². The van der Waals surface area contributed by atoms with Gasteiger partial charge in [-0.3, -0.25) is 0 Å². The lowest BCUT2D eigenvalue weighted by Gasteiger charge is -2.26. The van der Waals surface area contributed by atoms with Crippen molar-refractivity contribution in [2.24, 2.45) is 5.92 Å². The number of nitrogens with two attached hydrogens (primary N) is 1. The molecule has 1 aromatic carbocycles. The van der Waals surface area contributed by atoms with Crippen molar-refractivity contribution in [3.63, 3.8) is 0 Å². The van der Waals surface area contributed by atoms with Gasteiger partial charge in [-0.15, -0.1) is 11.3 Å². The first kappa shape index (κ1) is 18.0. The summed E-state index contributed by atoms with van der Waals surface area (Å²) in [5.74, 6) is 3.37. The Hall–Kier alpha value is -2.03. The van der Waals surface area contributed by atoms with Crippen LogP contribution in [0.3, 0.4) is 0 Å². The van der Waals surface area contributed by atoms with Crippen LogP contribution in [-0.4, -0.2) is 22.9 Å². The first-order valence-electron chi connectivity index (χ1n) is 9.29. The summed E-state index contributed by atoms with van der Waals surface area (Å²) >= 11 is 3.25. The minimum Gasteiger partial charge on any atom is -0.454 e. The number of thiophene rings is 1. The summed E-state index contributed by atoms with van der Waals surface area (Å²) in [5.41, 5.74) is 8.76.